The number of alkyl carbamates (subject to hydrolysis) is 1. The number of carbonyl (C=O) groups excluding carboxylic acids is 2. The Hall–Kier alpha value is -4.14. The van der Waals surface area contributed by atoms with Gasteiger partial charge in [0.25, 0.3) is 5.91 Å². The highest BCUT2D eigenvalue weighted by atomic mass is 16.5. The third kappa shape index (κ3) is 4.78. The molecule has 4 rings (SSSR count). The van der Waals surface area contributed by atoms with Crippen LogP contribution in [0.25, 0.3) is 11.1 Å². The Labute approximate surface area is 196 Å². The summed E-state index contributed by atoms with van der Waals surface area (Å²) in [5, 5.41) is 14.2. The molecule has 3 aromatic rings. The highest BCUT2D eigenvalue weighted by Gasteiger charge is 2.29. The van der Waals surface area contributed by atoms with Crippen LogP contribution in [0.1, 0.15) is 53.1 Å². The zero-order chi connectivity index (χ0) is 24.1. The third-order valence-corrected chi connectivity index (χ3v) is 5.77. The summed E-state index contributed by atoms with van der Waals surface area (Å²) < 4.78 is 10.7. The van der Waals surface area contributed by atoms with Crippen LogP contribution in [0.4, 0.5) is 4.79 Å². The number of carbonyl (C=O) groups is 3. The first-order valence-corrected chi connectivity index (χ1v) is 11.0. The normalized spacial score (nSPS) is 13.0. The van der Waals surface area contributed by atoms with E-state index in [0.717, 1.165) is 28.6 Å². The predicted molar refractivity (Wildman–Crippen MR) is 122 cm³/mol. The van der Waals surface area contributed by atoms with Crippen molar-refractivity contribution in [2.24, 2.45) is 0 Å². The van der Waals surface area contributed by atoms with Crippen LogP contribution in [-0.2, 0) is 16.1 Å². The van der Waals surface area contributed by atoms with Crippen LogP contribution in [0.3, 0.4) is 0 Å². The molecule has 1 atom stereocenters. The molecule has 0 aliphatic heterocycles. The number of oxazole rings is 1. The lowest BCUT2D eigenvalue weighted by Gasteiger charge is -2.14. The molecule has 2 amide bonds. The molecule has 0 saturated heterocycles. The van der Waals surface area contributed by atoms with Crippen molar-refractivity contribution in [2.75, 3.05) is 6.61 Å². The van der Waals surface area contributed by atoms with E-state index in [9.17, 15) is 19.5 Å². The summed E-state index contributed by atoms with van der Waals surface area (Å²) in [5.41, 5.74) is 4.39. The van der Waals surface area contributed by atoms with E-state index >= 15 is 0 Å². The molecule has 1 aliphatic carbocycles. The monoisotopic (exact) mass is 463 g/mol. The number of hydrogen-bond donors (Lipinski definition) is 3. The topological polar surface area (TPSA) is 131 Å². The number of fused-ring (bicyclic) bond motifs is 3. The van der Waals surface area contributed by atoms with E-state index in [0.29, 0.717) is 6.42 Å². The number of hydrogen-bond acceptors (Lipinski definition) is 6. The number of carboxylic acids is 1. The number of aromatic nitrogens is 1. The third-order valence-electron chi connectivity index (χ3n) is 5.77. The van der Waals surface area contributed by atoms with Gasteiger partial charge in [0.2, 0.25) is 0 Å². The maximum Gasteiger partial charge on any atom is 0.407 e. The minimum atomic E-state index is -1.13. The molecule has 0 spiro atoms. The first-order valence-electron chi connectivity index (χ1n) is 11.0. The summed E-state index contributed by atoms with van der Waals surface area (Å²) in [5.74, 6) is -1.78. The summed E-state index contributed by atoms with van der Waals surface area (Å²) in [6.07, 6.45) is 1.27. The van der Waals surface area contributed by atoms with Gasteiger partial charge in [0.05, 0.1) is 6.54 Å². The molecular formula is C25H25N3O6. The Bertz CT molecular complexity index is 1160. The fraction of sp³-hybridized carbons (Fsp3) is 0.280. The largest absolute Gasteiger partial charge is 0.480 e. The van der Waals surface area contributed by atoms with Gasteiger partial charge < -0.3 is 24.9 Å². The molecule has 0 saturated carbocycles. The van der Waals surface area contributed by atoms with Crippen molar-refractivity contribution < 1.29 is 28.6 Å². The van der Waals surface area contributed by atoms with Crippen molar-refractivity contribution in [3.8, 4) is 11.1 Å². The summed E-state index contributed by atoms with van der Waals surface area (Å²) in [4.78, 5) is 40.0. The van der Waals surface area contributed by atoms with Crippen molar-refractivity contribution in [3.63, 3.8) is 0 Å². The minimum absolute atomic E-state index is 0.0729. The number of nitrogens with zero attached hydrogens (tertiary/aromatic N) is 1. The minimum Gasteiger partial charge on any atom is -0.480 e. The van der Waals surface area contributed by atoms with Gasteiger partial charge >= 0.3 is 12.1 Å². The molecule has 1 heterocycles. The Balaban J connectivity index is 1.35. The molecule has 176 valence electrons. The molecule has 9 nitrogen and oxygen atoms in total. The van der Waals surface area contributed by atoms with Gasteiger partial charge in [-0.1, -0.05) is 61.9 Å². The van der Waals surface area contributed by atoms with E-state index in [1.807, 2.05) is 43.3 Å². The molecule has 0 radical (unpaired) electrons. The number of carboxylic acid groups (broad SMARTS) is 1. The number of ether oxygens (including phenoxy) is 1. The first-order chi connectivity index (χ1) is 16.5. The van der Waals surface area contributed by atoms with E-state index < -0.39 is 24.0 Å². The number of rotatable bonds is 9. The van der Waals surface area contributed by atoms with Crippen LogP contribution in [0.5, 0.6) is 0 Å². The van der Waals surface area contributed by atoms with E-state index in [4.69, 9.17) is 9.15 Å². The van der Waals surface area contributed by atoms with Crippen molar-refractivity contribution in [1.29, 1.82) is 0 Å². The molecule has 3 N–H and O–H groups in total. The van der Waals surface area contributed by atoms with Crippen LogP contribution in [0, 0.1) is 0 Å². The predicted octanol–water partition coefficient (Wildman–Crippen LogP) is 3.70. The number of benzene rings is 2. The van der Waals surface area contributed by atoms with Crippen LogP contribution < -0.4 is 10.6 Å². The van der Waals surface area contributed by atoms with Crippen LogP contribution in [0.15, 0.2) is 59.3 Å². The highest BCUT2D eigenvalue weighted by Crippen LogP contribution is 2.44. The Kier molecular flexibility index (Phi) is 6.91. The average Bonchev–Trinajstić information content (AvgIpc) is 3.44. The van der Waals surface area contributed by atoms with E-state index in [1.54, 1.807) is 0 Å². The van der Waals surface area contributed by atoms with Crippen LogP contribution in [0.2, 0.25) is 0 Å². The van der Waals surface area contributed by atoms with E-state index in [-0.39, 0.29) is 36.9 Å². The van der Waals surface area contributed by atoms with Gasteiger partial charge in [-0.05, 0) is 28.7 Å². The molecule has 0 fully saturated rings. The molecule has 2 aromatic carbocycles. The smallest absolute Gasteiger partial charge is 0.407 e. The first kappa shape index (κ1) is 23.0. The van der Waals surface area contributed by atoms with Crippen molar-refractivity contribution in [1.82, 2.24) is 15.6 Å². The standard InChI is InChI=1S/C25H25N3O6/c1-2-7-20(24(30)31)28-23(29)22-21(34-14-27-22)12-26-25(32)33-13-19-17-10-5-3-8-15(17)16-9-4-6-11-18(16)19/h3-6,8-11,14,19-20H,2,7,12-13H2,1H3,(H,26,32)(H,28,29)(H,30,31). The number of amides is 2. The number of nitrogens with one attached hydrogen (secondary N) is 2. The lowest BCUT2D eigenvalue weighted by atomic mass is 9.98. The molecule has 9 heteroatoms. The highest BCUT2D eigenvalue weighted by molar-refractivity contribution is 5.95. The summed E-state index contributed by atoms with van der Waals surface area (Å²) >= 11 is 0. The zero-order valence-corrected chi connectivity index (χ0v) is 18.6. The van der Waals surface area contributed by atoms with Gasteiger partial charge in [0, 0.05) is 5.92 Å². The molecular weight excluding hydrogens is 438 g/mol. The Morgan fingerprint density at radius 2 is 1.74 bits per heavy atom. The fourth-order valence-corrected chi connectivity index (χ4v) is 4.16. The van der Waals surface area contributed by atoms with Gasteiger partial charge in [0.1, 0.15) is 12.6 Å². The average molecular weight is 463 g/mol. The molecule has 1 unspecified atom stereocenters. The molecule has 0 bridgehead atoms. The van der Waals surface area contributed by atoms with Gasteiger partial charge in [-0.25, -0.2) is 14.6 Å². The molecule has 1 aliphatic rings. The summed E-state index contributed by atoms with van der Waals surface area (Å²) in [6, 6.07) is 15.0. The second-order valence-corrected chi connectivity index (χ2v) is 7.96. The van der Waals surface area contributed by atoms with Crippen LogP contribution in [-0.4, -0.2) is 40.7 Å². The fourth-order valence-electron chi connectivity index (χ4n) is 4.16. The Morgan fingerprint density at radius 3 is 2.35 bits per heavy atom. The maximum atomic E-state index is 12.5. The molecule has 1 aromatic heterocycles. The Morgan fingerprint density at radius 1 is 1.09 bits per heavy atom. The van der Waals surface area contributed by atoms with Crippen molar-refractivity contribution in [2.45, 2.75) is 38.3 Å². The molecule has 34 heavy (non-hydrogen) atoms. The van der Waals surface area contributed by atoms with E-state index in [2.05, 4.69) is 27.8 Å². The summed E-state index contributed by atoms with van der Waals surface area (Å²) in [7, 11) is 0. The van der Waals surface area contributed by atoms with Crippen molar-refractivity contribution in [3.05, 3.63) is 77.5 Å². The van der Waals surface area contributed by atoms with Crippen LogP contribution >= 0.6 is 0 Å². The SMILES string of the molecule is CCCC(NC(=O)c1ncoc1CNC(=O)OCC1c2ccccc2-c2ccccc21)C(=O)O. The maximum absolute atomic E-state index is 12.5. The number of aliphatic carboxylic acids is 1. The zero-order valence-electron chi connectivity index (χ0n) is 18.6. The second-order valence-electron chi connectivity index (χ2n) is 7.96. The summed E-state index contributed by atoms with van der Waals surface area (Å²) in [6.45, 7) is 1.84. The lowest BCUT2D eigenvalue weighted by molar-refractivity contribution is -0.139. The van der Waals surface area contributed by atoms with Crippen molar-refractivity contribution >= 4 is 18.0 Å². The van der Waals surface area contributed by atoms with Gasteiger partial charge in [-0.3, -0.25) is 4.79 Å². The lowest BCUT2D eigenvalue weighted by Crippen LogP contribution is -2.41. The van der Waals surface area contributed by atoms with Gasteiger partial charge in [0.15, 0.2) is 17.8 Å². The van der Waals surface area contributed by atoms with Gasteiger partial charge in [-0.15, -0.1) is 0 Å². The second kappa shape index (κ2) is 10.2. The quantitative estimate of drug-likeness (QED) is 0.441. The van der Waals surface area contributed by atoms with Gasteiger partial charge in [-0.2, -0.15) is 0 Å². The van der Waals surface area contributed by atoms with E-state index in [1.165, 1.54) is 0 Å².